The quantitative estimate of drug-likeness (QED) is 0.432. The number of anilines is 1. The number of nitrogens with zero attached hydrogens (tertiary/aromatic N) is 1. The van der Waals surface area contributed by atoms with Crippen LogP contribution >= 0.6 is 23.2 Å². The minimum absolute atomic E-state index is 0.0880. The molecule has 1 aliphatic heterocycles. The molecule has 1 heterocycles. The fourth-order valence-corrected chi connectivity index (χ4v) is 5.04. The minimum Gasteiger partial charge on any atom is -0.481 e. The van der Waals surface area contributed by atoms with Gasteiger partial charge < -0.3 is 15.3 Å². The van der Waals surface area contributed by atoms with Gasteiger partial charge in [0.2, 0.25) is 0 Å². The summed E-state index contributed by atoms with van der Waals surface area (Å²) in [4.78, 5) is 25.9. The monoisotopic (exact) mass is 488 g/mol. The highest BCUT2D eigenvalue weighted by Gasteiger charge is 2.27. The molecule has 0 saturated carbocycles. The number of aliphatic carboxylic acids is 1. The minimum atomic E-state index is -0.905. The van der Waals surface area contributed by atoms with E-state index in [0.29, 0.717) is 41.7 Å². The topological polar surface area (TPSA) is 69.6 Å². The van der Waals surface area contributed by atoms with E-state index < -0.39 is 5.97 Å². The number of urea groups is 1. The molecule has 172 valence electrons. The highest BCUT2D eigenvalue weighted by Crippen LogP contribution is 2.38. The SMILES string of the molecule is Cc1c(CC(=O)O)cc2ccc(F)cc2c1C1CCN(C(=O)Nc2ccc(Cl)cc2Cl)CC1. The van der Waals surface area contributed by atoms with E-state index in [1.807, 2.05) is 13.0 Å². The van der Waals surface area contributed by atoms with Crippen LogP contribution in [0.4, 0.5) is 14.9 Å². The Balaban J connectivity index is 1.56. The van der Waals surface area contributed by atoms with E-state index in [9.17, 15) is 19.1 Å². The number of halogens is 3. The first-order valence-corrected chi connectivity index (χ1v) is 11.4. The second-order valence-corrected chi connectivity index (χ2v) is 9.17. The molecule has 4 rings (SSSR count). The van der Waals surface area contributed by atoms with Gasteiger partial charge in [-0.1, -0.05) is 35.3 Å². The van der Waals surface area contributed by atoms with Gasteiger partial charge in [0.1, 0.15) is 5.82 Å². The van der Waals surface area contributed by atoms with Crippen molar-refractivity contribution in [1.82, 2.24) is 4.90 Å². The lowest BCUT2D eigenvalue weighted by molar-refractivity contribution is -0.136. The number of piperidine rings is 1. The molecule has 3 aromatic carbocycles. The van der Waals surface area contributed by atoms with Gasteiger partial charge in [0, 0.05) is 18.1 Å². The molecule has 2 amide bonds. The van der Waals surface area contributed by atoms with Crippen LogP contribution in [0.3, 0.4) is 0 Å². The molecule has 0 bridgehead atoms. The molecule has 0 spiro atoms. The van der Waals surface area contributed by atoms with Crippen LogP contribution in [-0.4, -0.2) is 35.1 Å². The predicted molar refractivity (Wildman–Crippen MR) is 129 cm³/mol. The number of carbonyl (C=O) groups is 2. The Bertz CT molecular complexity index is 1240. The Kier molecular flexibility index (Phi) is 6.77. The molecule has 0 aliphatic carbocycles. The van der Waals surface area contributed by atoms with Crippen LogP contribution < -0.4 is 5.32 Å². The number of carbonyl (C=O) groups excluding carboxylic acids is 1. The largest absolute Gasteiger partial charge is 0.481 e. The van der Waals surface area contributed by atoms with E-state index >= 15 is 0 Å². The lowest BCUT2D eigenvalue weighted by Gasteiger charge is -2.34. The number of amides is 2. The number of nitrogens with one attached hydrogen (secondary N) is 1. The van der Waals surface area contributed by atoms with Gasteiger partial charge in [-0.25, -0.2) is 9.18 Å². The maximum absolute atomic E-state index is 14.1. The van der Waals surface area contributed by atoms with Crippen LogP contribution in [0.2, 0.25) is 10.0 Å². The third-order valence-electron chi connectivity index (χ3n) is 6.23. The van der Waals surface area contributed by atoms with E-state index in [-0.39, 0.29) is 24.2 Å². The smallest absolute Gasteiger partial charge is 0.321 e. The fraction of sp³-hybridized carbons (Fsp3) is 0.280. The van der Waals surface area contributed by atoms with Gasteiger partial charge >= 0.3 is 12.0 Å². The van der Waals surface area contributed by atoms with Gasteiger partial charge in [-0.2, -0.15) is 0 Å². The predicted octanol–water partition coefficient (Wildman–Crippen LogP) is 6.63. The number of hydrogen-bond donors (Lipinski definition) is 2. The molecular formula is C25H23Cl2FN2O3. The molecule has 33 heavy (non-hydrogen) atoms. The number of carboxylic acid groups (broad SMARTS) is 1. The van der Waals surface area contributed by atoms with Crippen molar-refractivity contribution in [2.75, 3.05) is 18.4 Å². The number of carboxylic acids is 1. The van der Waals surface area contributed by atoms with Crippen LogP contribution in [0.5, 0.6) is 0 Å². The average molecular weight is 489 g/mol. The van der Waals surface area contributed by atoms with Crippen molar-refractivity contribution < 1.29 is 19.1 Å². The number of fused-ring (bicyclic) bond motifs is 1. The standard InChI is InChI=1S/C25H23Cl2FN2O3/c1-14-17(11-23(31)32)10-16-2-4-19(28)13-20(16)24(14)15-6-8-30(9-7-15)25(33)29-22-5-3-18(26)12-21(22)27/h2-5,10,12-13,15H,6-9,11H2,1H3,(H,29,33)(H,31,32). The lowest BCUT2D eigenvalue weighted by Crippen LogP contribution is -2.40. The van der Waals surface area contributed by atoms with E-state index in [2.05, 4.69) is 5.32 Å². The van der Waals surface area contributed by atoms with Crippen molar-refractivity contribution in [2.24, 2.45) is 0 Å². The number of likely N-dealkylation sites (tertiary alicyclic amines) is 1. The summed E-state index contributed by atoms with van der Waals surface area (Å²) < 4.78 is 14.1. The Labute approximate surface area is 201 Å². The Morgan fingerprint density at radius 3 is 2.52 bits per heavy atom. The fourth-order valence-electron chi connectivity index (χ4n) is 4.59. The summed E-state index contributed by atoms with van der Waals surface area (Å²) in [6.07, 6.45) is 1.28. The zero-order valence-corrected chi connectivity index (χ0v) is 19.5. The van der Waals surface area contributed by atoms with E-state index in [0.717, 1.165) is 27.5 Å². The molecule has 1 aliphatic rings. The van der Waals surface area contributed by atoms with Crippen LogP contribution in [0.1, 0.15) is 35.4 Å². The normalized spacial score (nSPS) is 14.5. The molecule has 1 fully saturated rings. The van der Waals surface area contributed by atoms with Crippen molar-refractivity contribution in [1.29, 1.82) is 0 Å². The van der Waals surface area contributed by atoms with Gasteiger partial charge in [-0.15, -0.1) is 0 Å². The summed E-state index contributed by atoms with van der Waals surface area (Å²) >= 11 is 12.1. The number of benzene rings is 3. The van der Waals surface area contributed by atoms with E-state index in [1.54, 1.807) is 29.2 Å². The summed E-state index contributed by atoms with van der Waals surface area (Å²) in [7, 11) is 0. The molecule has 0 atom stereocenters. The number of hydrogen-bond acceptors (Lipinski definition) is 2. The zero-order valence-electron chi connectivity index (χ0n) is 18.0. The molecule has 3 aromatic rings. The van der Waals surface area contributed by atoms with Gasteiger partial charge in [0.15, 0.2) is 0 Å². The highest BCUT2D eigenvalue weighted by atomic mass is 35.5. The third kappa shape index (κ3) is 5.07. The Hall–Kier alpha value is -2.83. The Morgan fingerprint density at radius 1 is 1.12 bits per heavy atom. The van der Waals surface area contributed by atoms with E-state index in [1.165, 1.54) is 12.1 Å². The van der Waals surface area contributed by atoms with Crippen LogP contribution in [-0.2, 0) is 11.2 Å². The van der Waals surface area contributed by atoms with E-state index in [4.69, 9.17) is 23.2 Å². The van der Waals surface area contributed by atoms with Crippen LogP contribution in [0.15, 0.2) is 42.5 Å². The molecule has 5 nitrogen and oxygen atoms in total. The van der Waals surface area contributed by atoms with Gasteiger partial charge in [0.25, 0.3) is 0 Å². The molecule has 8 heteroatoms. The van der Waals surface area contributed by atoms with Crippen molar-refractivity contribution in [3.05, 3.63) is 75.0 Å². The maximum atomic E-state index is 14.1. The molecule has 2 N–H and O–H groups in total. The molecule has 0 unspecified atom stereocenters. The van der Waals surface area contributed by atoms with Gasteiger partial charge in [0.05, 0.1) is 17.1 Å². The first kappa shape index (κ1) is 23.3. The lowest BCUT2D eigenvalue weighted by atomic mass is 9.81. The summed E-state index contributed by atoms with van der Waals surface area (Å²) in [6.45, 7) is 2.93. The summed E-state index contributed by atoms with van der Waals surface area (Å²) in [6, 6.07) is 11.1. The molecule has 0 aromatic heterocycles. The van der Waals surface area contributed by atoms with Crippen LogP contribution in [0, 0.1) is 12.7 Å². The Morgan fingerprint density at radius 2 is 1.85 bits per heavy atom. The first-order valence-electron chi connectivity index (χ1n) is 10.7. The van der Waals surface area contributed by atoms with Gasteiger partial charge in [-0.05, 0) is 83.5 Å². The van der Waals surface area contributed by atoms with Crippen molar-refractivity contribution >= 4 is 51.7 Å². The first-order chi connectivity index (χ1) is 15.7. The zero-order chi connectivity index (χ0) is 23.7. The second kappa shape index (κ2) is 9.57. The van der Waals surface area contributed by atoms with Crippen LogP contribution in [0.25, 0.3) is 10.8 Å². The molecule has 1 saturated heterocycles. The summed E-state index contributed by atoms with van der Waals surface area (Å²) in [5, 5.41) is 14.6. The average Bonchev–Trinajstić information content (AvgIpc) is 2.76. The van der Waals surface area contributed by atoms with Crippen molar-refractivity contribution in [3.63, 3.8) is 0 Å². The van der Waals surface area contributed by atoms with Crippen molar-refractivity contribution in [2.45, 2.75) is 32.1 Å². The summed E-state index contributed by atoms with van der Waals surface area (Å²) in [5.74, 6) is -1.14. The summed E-state index contributed by atoms with van der Waals surface area (Å²) in [5.41, 5.74) is 3.08. The molecule has 0 radical (unpaired) electrons. The third-order valence-corrected chi connectivity index (χ3v) is 6.77. The second-order valence-electron chi connectivity index (χ2n) is 8.33. The van der Waals surface area contributed by atoms with Gasteiger partial charge in [-0.3, -0.25) is 4.79 Å². The highest BCUT2D eigenvalue weighted by molar-refractivity contribution is 6.36. The molecular weight excluding hydrogens is 466 g/mol. The maximum Gasteiger partial charge on any atom is 0.321 e. The van der Waals surface area contributed by atoms with Crippen molar-refractivity contribution in [3.8, 4) is 0 Å². The number of rotatable bonds is 4.